The highest BCUT2D eigenvalue weighted by Crippen LogP contribution is 2.51. The average Bonchev–Trinajstić information content (AvgIpc) is 2.32. The quantitative estimate of drug-likeness (QED) is 0.785. The first-order valence-corrected chi connectivity index (χ1v) is 8.03. The molecule has 1 aromatic carbocycles. The maximum absolute atomic E-state index is 13.3. The first-order chi connectivity index (χ1) is 9.47. The van der Waals surface area contributed by atoms with Crippen molar-refractivity contribution < 1.29 is 4.39 Å². The summed E-state index contributed by atoms with van der Waals surface area (Å²) in [5.74, 6) is 0.533. The molecule has 0 spiro atoms. The van der Waals surface area contributed by atoms with Gasteiger partial charge in [0.05, 0.1) is 0 Å². The number of hydrogen-bond donors (Lipinski definition) is 1. The van der Waals surface area contributed by atoms with Crippen molar-refractivity contribution in [3.05, 3.63) is 34.6 Å². The Kier molecular flexibility index (Phi) is 5.09. The van der Waals surface area contributed by atoms with Gasteiger partial charge in [-0.1, -0.05) is 51.3 Å². The molecule has 1 aromatic rings. The minimum Gasteiger partial charge on any atom is -0.314 e. The van der Waals surface area contributed by atoms with Crippen LogP contribution >= 0.6 is 11.6 Å². The van der Waals surface area contributed by atoms with Crippen LogP contribution in [0.15, 0.2) is 18.2 Å². The molecule has 0 atom stereocenters. The lowest BCUT2D eigenvalue weighted by Gasteiger charge is -2.49. The second-order valence-corrected chi connectivity index (χ2v) is 6.91. The Bertz CT molecular complexity index is 452. The van der Waals surface area contributed by atoms with E-state index in [0.29, 0.717) is 11.1 Å². The molecule has 0 aliphatic heterocycles. The first kappa shape index (κ1) is 15.8. The van der Waals surface area contributed by atoms with E-state index < -0.39 is 0 Å². The predicted molar refractivity (Wildman–Crippen MR) is 83.9 cm³/mol. The highest BCUT2D eigenvalue weighted by atomic mass is 35.5. The zero-order chi connectivity index (χ0) is 14.8. The van der Waals surface area contributed by atoms with Crippen molar-refractivity contribution in [3.63, 3.8) is 0 Å². The number of nitrogens with one attached hydrogen (secondary N) is 1. The lowest BCUT2D eigenvalue weighted by atomic mass is 9.57. The van der Waals surface area contributed by atoms with E-state index in [2.05, 4.69) is 26.1 Å². The van der Waals surface area contributed by atoms with Crippen LogP contribution in [0.2, 0.25) is 5.02 Å². The second-order valence-electron chi connectivity index (χ2n) is 6.50. The SMILES string of the molecule is CCCC1CC(CNC(C)C)(c2ccc(F)cc2Cl)C1. The molecule has 0 saturated heterocycles. The van der Waals surface area contributed by atoms with Crippen molar-refractivity contribution in [3.8, 4) is 0 Å². The van der Waals surface area contributed by atoms with Crippen LogP contribution in [0.4, 0.5) is 4.39 Å². The largest absolute Gasteiger partial charge is 0.314 e. The van der Waals surface area contributed by atoms with E-state index in [-0.39, 0.29) is 11.2 Å². The van der Waals surface area contributed by atoms with E-state index in [0.717, 1.165) is 30.9 Å². The zero-order valence-electron chi connectivity index (χ0n) is 12.7. The van der Waals surface area contributed by atoms with E-state index in [1.54, 1.807) is 0 Å². The van der Waals surface area contributed by atoms with Gasteiger partial charge in [-0.15, -0.1) is 0 Å². The molecule has 112 valence electrons. The number of benzene rings is 1. The van der Waals surface area contributed by atoms with Crippen LogP contribution in [0.25, 0.3) is 0 Å². The van der Waals surface area contributed by atoms with Crippen molar-refractivity contribution in [2.45, 2.75) is 57.9 Å². The van der Waals surface area contributed by atoms with E-state index in [1.165, 1.54) is 25.0 Å². The molecular weight excluding hydrogens is 273 g/mol. The van der Waals surface area contributed by atoms with Crippen LogP contribution in [0.3, 0.4) is 0 Å². The van der Waals surface area contributed by atoms with Crippen LogP contribution in [-0.4, -0.2) is 12.6 Å². The van der Waals surface area contributed by atoms with Crippen molar-refractivity contribution in [1.82, 2.24) is 5.32 Å². The first-order valence-electron chi connectivity index (χ1n) is 7.66. The molecular formula is C17H25ClFN. The van der Waals surface area contributed by atoms with Gasteiger partial charge < -0.3 is 5.32 Å². The summed E-state index contributed by atoms with van der Waals surface area (Å²) < 4.78 is 13.3. The van der Waals surface area contributed by atoms with Crippen LogP contribution in [-0.2, 0) is 5.41 Å². The van der Waals surface area contributed by atoms with Gasteiger partial charge in [0.15, 0.2) is 0 Å². The maximum atomic E-state index is 13.3. The summed E-state index contributed by atoms with van der Waals surface area (Å²) in [6, 6.07) is 5.31. The third-order valence-corrected chi connectivity index (χ3v) is 4.72. The van der Waals surface area contributed by atoms with E-state index in [9.17, 15) is 4.39 Å². The van der Waals surface area contributed by atoms with Gasteiger partial charge in [0, 0.05) is 23.0 Å². The third kappa shape index (κ3) is 3.35. The molecule has 1 N–H and O–H groups in total. The summed E-state index contributed by atoms with van der Waals surface area (Å²) in [4.78, 5) is 0. The monoisotopic (exact) mass is 297 g/mol. The molecule has 0 heterocycles. The summed E-state index contributed by atoms with van der Waals surface area (Å²) in [5, 5.41) is 4.11. The fourth-order valence-corrected chi connectivity index (χ4v) is 3.80. The Hall–Kier alpha value is -0.600. The number of halogens is 2. The molecule has 1 saturated carbocycles. The average molecular weight is 298 g/mol. The van der Waals surface area contributed by atoms with Gasteiger partial charge >= 0.3 is 0 Å². The highest BCUT2D eigenvalue weighted by molar-refractivity contribution is 6.31. The minimum atomic E-state index is -0.254. The Morgan fingerprint density at radius 1 is 1.40 bits per heavy atom. The molecule has 1 fully saturated rings. The molecule has 3 heteroatoms. The zero-order valence-corrected chi connectivity index (χ0v) is 13.4. The van der Waals surface area contributed by atoms with Crippen LogP contribution in [0, 0.1) is 11.7 Å². The Morgan fingerprint density at radius 3 is 2.65 bits per heavy atom. The van der Waals surface area contributed by atoms with Crippen LogP contribution < -0.4 is 5.32 Å². The molecule has 1 nitrogen and oxygen atoms in total. The molecule has 20 heavy (non-hydrogen) atoms. The van der Waals surface area contributed by atoms with Gasteiger partial charge in [0.25, 0.3) is 0 Å². The van der Waals surface area contributed by atoms with Crippen LogP contribution in [0.1, 0.15) is 52.0 Å². The van der Waals surface area contributed by atoms with Gasteiger partial charge in [-0.25, -0.2) is 4.39 Å². The second kappa shape index (κ2) is 6.44. The van der Waals surface area contributed by atoms with Gasteiger partial charge in [-0.2, -0.15) is 0 Å². The lowest BCUT2D eigenvalue weighted by molar-refractivity contribution is 0.126. The molecule has 2 rings (SSSR count). The molecule has 1 aliphatic rings. The van der Waals surface area contributed by atoms with Gasteiger partial charge in [-0.3, -0.25) is 0 Å². The van der Waals surface area contributed by atoms with Crippen molar-refractivity contribution in [1.29, 1.82) is 0 Å². The van der Waals surface area contributed by atoms with E-state index in [4.69, 9.17) is 11.6 Å². The van der Waals surface area contributed by atoms with Gasteiger partial charge in [0.2, 0.25) is 0 Å². The molecule has 0 amide bonds. The molecule has 0 bridgehead atoms. The summed E-state index contributed by atoms with van der Waals surface area (Å²) in [5.41, 5.74) is 1.20. The van der Waals surface area contributed by atoms with Crippen molar-refractivity contribution in [2.75, 3.05) is 6.54 Å². The van der Waals surface area contributed by atoms with E-state index in [1.807, 2.05) is 6.07 Å². The highest BCUT2D eigenvalue weighted by Gasteiger charge is 2.45. The topological polar surface area (TPSA) is 12.0 Å². The smallest absolute Gasteiger partial charge is 0.124 e. The summed E-state index contributed by atoms with van der Waals surface area (Å²) in [6.45, 7) is 7.47. The van der Waals surface area contributed by atoms with Crippen molar-refractivity contribution in [2.24, 2.45) is 5.92 Å². The summed E-state index contributed by atoms with van der Waals surface area (Å²) in [7, 11) is 0. The fourth-order valence-electron chi connectivity index (χ4n) is 3.44. The lowest BCUT2D eigenvalue weighted by Crippen LogP contribution is -2.50. The predicted octanol–water partition coefficient (Wildman–Crippen LogP) is 4.93. The molecule has 0 radical (unpaired) electrons. The number of hydrogen-bond acceptors (Lipinski definition) is 1. The number of rotatable bonds is 6. The van der Waals surface area contributed by atoms with Crippen LogP contribution in [0.5, 0.6) is 0 Å². The van der Waals surface area contributed by atoms with E-state index >= 15 is 0 Å². The normalized spacial score (nSPS) is 25.8. The van der Waals surface area contributed by atoms with Gasteiger partial charge in [0.1, 0.15) is 5.82 Å². The molecule has 0 aromatic heterocycles. The Morgan fingerprint density at radius 2 is 2.10 bits per heavy atom. The van der Waals surface area contributed by atoms with Crippen molar-refractivity contribution >= 4 is 11.6 Å². The third-order valence-electron chi connectivity index (χ3n) is 4.41. The van der Waals surface area contributed by atoms with Gasteiger partial charge in [-0.05, 0) is 36.5 Å². The Labute approximate surface area is 126 Å². The summed E-state index contributed by atoms with van der Waals surface area (Å²) >= 11 is 6.30. The summed E-state index contributed by atoms with van der Waals surface area (Å²) in [6.07, 6.45) is 4.83. The Balaban J connectivity index is 2.19. The molecule has 1 aliphatic carbocycles. The maximum Gasteiger partial charge on any atom is 0.124 e. The standard InChI is InChI=1S/C17H25ClFN/c1-4-5-13-9-17(10-13,11-20-12(2)3)15-7-6-14(19)8-16(15)18/h6-8,12-13,20H,4-5,9-11H2,1-3H3. The minimum absolute atomic E-state index is 0.0922. The fraction of sp³-hybridized carbons (Fsp3) is 0.647. The molecule has 0 unspecified atom stereocenters.